The number of aromatic nitrogens is 1. The van der Waals surface area contributed by atoms with Gasteiger partial charge in [-0.15, -0.1) is 0 Å². The van der Waals surface area contributed by atoms with E-state index in [1.54, 1.807) is 7.11 Å². The molecule has 2 aliphatic rings. The van der Waals surface area contributed by atoms with Gasteiger partial charge in [0.15, 0.2) is 0 Å². The summed E-state index contributed by atoms with van der Waals surface area (Å²) in [7, 11) is 1.75. The van der Waals surface area contributed by atoms with Crippen LogP contribution in [0.2, 0.25) is 0 Å². The van der Waals surface area contributed by atoms with Crippen LogP contribution in [0.4, 0.5) is 5.82 Å². The standard InChI is InChI=1S/C26H36N4O/c1-18-15-29-25(30-22-9-7-21(8-10-22)28-11-12-31-4)14-23(18)19-5-6-20-16-27-17-26(2,3)24(20)13-19/h5-6,13-16,21-22,28H,7-12,17H2,1-4H3,(H,29,30). The lowest BCUT2D eigenvalue weighted by Crippen LogP contribution is -2.38. The molecule has 5 heteroatoms. The average Bonchev–Trinajstić information content (AvgIpc) is 2.76. The van der Waals surface area contributed by atoms with E-state index in [1.165, 1.54) is 53.5 Å². The average molecular weight is 421 g/mol. The van der Waals surface area contributed by atoms with E-state index in [1.807, 2.05) is 12.4 Å². The maximum absolute atomic E-state index is 5.14. The minimum atomic E-state index is 0.0675. The third kappa shape index (κ3) is 5.16. The monoisotopic (exact) mass is 420 g/mol. The summed E-state index contributed by atoms with van der Waals surface area (Å²) in [6, 6.07) is 10.1. The highest BCUT2D eigenvalue weighted by atomic mass is 16.5. The molecule has 1 aromatic heterocycles. The fourth-order valence-corrected chi connectivity index (χ4v) is 4.81. The first-order valence-corrected chi connectivity index (χ1v) is 11.6. The zero-order chi connectivity index (χ0) is 21.8. The van der Waals surface area contributed by atoms with Gasteiger partial charge in [-0.3, -0.25) is 4.99 Å². The summed E-state index contributed by atoms with van der Waals surface area (Å²) in [5, 5.41) is 7.30. The van der Waals surface area contributed by atoms with Gasteiger partial charge in [0, 0.05) is 50.1 Å². The van der Waals surface area contributed by atoms with Crippen LogP contribution in [0, 0.1) is 6.92 Å². The number of benzene rings is 1. The van der Waals surface area contributed by atoms with E-state index in [-0.39, 0.29) is 5.41 Å². The number of nitrogens with zero attached hydrogens (tertiary/aromatic N) is 2. The molecule has 0 spiro atoms. The SMILES string of the molecule is COCCNC1CCC(Nc2cc(-c3ccc4c(c3)C(C)(C)CN=C4)c(C)cn2)CC1. The number of fused-ring (bicyclic) bond motifs is 1. The second-order valence-electron chi connectivity index (χ2n) is 9.68. The maximum atomic E-state index is 5.14. The zero-order valence-electron chi connectivity index (χ0n) is 19.4. The van der Waals surface area contributed by atoms with E-state index in [9.17, 15) is 0 Å². The number of aryl methyl sites for hydroxylation is 1. The van der Waals surface area contributed by atoms with Crippen LogP contribution in [0.15, 0.2) is 35.5 Å². The fourth-order valence-electron chi connectivity index (χ4n) is 4.81. The summed E-state index contributed by atoms with van der Waals surface area (Å²) in [5.41, 5.74) is 6.41. The topological polar surface area (TPSA) is 58.5 Å². The lowest BCUT2D eigenvalue weighted by Gasteiger charge is -2.30. The Morgan fingerprint density at radius 2 is 1.87 bits per heavy atom. The Morgan fingerprint density at radius 3 is 2.65 bits per heavy atom. The highest BCUT2D eigenvalue weighted by Gasteiger charge is 2.26. The van der Waals surface area contributed by atoms with Crippen LogP contribution >= 0.6 is 0 Å². The third-order valence-corrected chi connectivity index (χ3v) is 6.73. The lowest BCUT2D eigenvalue weighted by molar-refractivity contribution is 0.191. The van der Waals surface area contributed by atoms with Gasteiger partial charge in [0.05, 0.1) is 6.61 Å². The number of aliphatic imine (C=N–C) groups is 1. The number of ether oxygens (including phenoxy) is 1. The molecule has 5 nitrogen and oxygen atoms in total. The molecule has 31 heavy (non-hydrogen) atoms. The molecule has 1 aliphatic heterocycles. The first-order chi connectivity index (χ1) is 15.0. The Bertz CT molecular complexity index is 929. The quantitative estimate of drug-likeness (QED) is 0.636. The van der Waals surface area contributed by atoms with Crippen LogP contribution in [0.1, 0.15) is 56.2 Å². The number of hydrogen-bond donors (Lipinski definition) is 2. The number of hydrogen-bond acceptors (Lipinski definition) is 5. The molecule has 1 aliphatic carbocycles. The Labute approximate surface area is 186 Å². The van der Waals surface area contributed by atoms with Gasteiger partial charge in [-0.25, -0.2) is 4.98 Å². The minimum absolute atomic E-state index is 0.0675. The molecule has 1 fully saturated rings. The van der Waals surface area contributed by atoms with Crippen molar-refractivity contribution >= 4 is 12.0 Å². The van der Waals surface area contributed by atoms with Crippen LogP contribution < -0.4 is 10.6 Å². The van der Waals surface area contributed by atoms with Crippen molar-refractivity contribution in [3.8, 4) is 11.1 Å². The molecular weight excluding hydrogens is 384 g/mol. The van der Waals surface area contributed by atoms with E-state index < -0.39 is 0 Å². The van der Waals surface area contributed by atoms with E-state index in [0.29, 0.717) is 12.1 Å². The fraction of sp³-hybridized carbons (Fsp3) is 0.538. The van der Waals surface area contributed by atoms with Crippen LogP contribution in [0.3, 0.4) is 0 Å². The van der Waals surface area contributed by atoms with Crippen molar-refractivity contribution in [3.63, 3.8) is 0 Å². The largest absolute Gasteiger partial charge is 0.383 e. The molecule has 0 unspecified atom stereocenters. The number of anilines is 1. The van der Waals surface area contributed by atoms with Gasteiger partial charge in [0.1, 0.15) is 5.82 Å². The summed E-state index contributed by atoms with van der Waals surface area (Å²) in [6.07, 6.45) is 8.74. The predicted octanol–water partition coefficient (Wildman–Crippen LogP) is 4.73. The van der Waals surface area contributed by atoms with Crippen LogP contribution in [-0.2, 0) is 10.2 Å². The van der Waals surface area contributed by atoms with Crippen molar-refractivity contribution in [2.24, 2.45) is 4.99 Å². The molecule has 166 valence electrons. The molecule has 2 aromatic rings. The Balaban J connectivity index is 1.46. The van der Waals surface area contributed by atoms with Crippen LogP contribution in [0.5, 0.6) is 0 Å². The summed E-state index contributed by atoms with van der Waals surface area (Å²) < 4.78 is 5.14. The third-order valence-electron chi connectivity index (χ3n) is 6.73. The molecule has 4 rings (SSSR count). The molecule has 0 bridgehead atoms. The first-order valence-electron chi connectivity index (χ1n) is 11.6. The minimum Gasteiger partial charge on any atom is -0.383 e. The highest BCUT2D eigenvalue weighted by Crippen LogP contribution is 2.34. The normalized spacial score (nSPS) is 22.2. The number of nitrogens with one attached hydrogen (secondary N) is 2. The Hall–Kier alpha value is -2.24. The number of pyridine rings is 1. The Morgan fingerprint density at radius 1 is 1.10 bits per heavy atom. The molecular formula is C26H36N4O. The lowest BCUT2D eigenvalue weighted by atomic mass is 9.79. The molecule has 2 heterocycles. The summed E-state index contributed by atoms with van der Waals surface area (Å²) in [4.78, 5) is 9.23. The molecule has 0 atom stereocenters. The molecule has 1 saturated carbocycles. The Kier molecular flexibility index (Phi) is 6.73. The van der Waals surface area contributed by atoms with Crippen molar-refractivity contribution in [1.82, 2.24) is 10.3 Å². The van der Waals surface area contributed by atoms with Crippen molar-refractivity contribution in [1.29, 1.82) is 0 Å². The van der Waals surface area contributed by atoms with Gasteiger partial charge >= 0.3 is 0 Å². The maximum Gasteiger partial charge on any atom is 0.126 e. The predicted molar refractivity (Wildman–Crippen MR) is 129 cm³/mol. The van der Waals surface area contributed by atoms with Crippen molar-refractivity contribution in [2.45, 2.75) is 64.0 Å². The molecule has 0 saturated heterocycles. The first kappa shape index (κ1) is 22.0. The molecule has 1 aromatic carbocycles. The van der Waals surface area contributed by atoms with Crippen molar-refractivity contribution in [2.75, 3.05) is 32.1 Å². The van der Waals surface area contributed by atoms with E-state index in [2.05, 4.69) is 65.6 Å². The summed E-state index contributed by atoms with van der Waals surface area (Å²) in [5.74, 6) is 0.981. The second-order valence-corrected chi connectivity index (χ2v) is 9.68. The number of methoxy groups -OCH3 is 1. The summed E-state index contributed by atoms with van der Waals surface area (Å²) >= 11 is 0. The van der Waals surface area contributed by atoms with Gasteiger partial charge in [-0.2, -0.15) is 0 Å². The molecule has 0 amide bonds. The van der Waals surface area contributed by atoms with Crippen LogP contribution in [0.25, 0.3) is 11.1 Å². The molecule has 0 radical (unpaired) electrons. The second kappa shape index (κ2) is 9.49. The smallest absolute Gasteiger partial charge is 0.126 e. The highest BCUT2D eigenvalue weighted by molar-refractivity contribution is 5.86. The van der Waals surface area contributed by atoms with Gasteiger partial charge in [0.25, 0.3) is 0 Å². The van der Waals surface area contributed by atoms with E-state index >= 15 is 0 Å². The van der Waals surface area contributed by atoms with Crippen molar-refractivity contribution < 1.29 is 4.74 Å². The van der Waals surface area contributed by atoms with Crippen LogP contribution in [-0.4, -0.2) is 50.1 Å². The van der Waals surface area contributed by atoms with Gasteiger partial charge in [-0.1, -0.05) is 26.0 Å². The van der Waals surface area contributed by atoms with Gasteiger partial charge in [0.2, 0.25) is 0 Å². The number of rotatable bonds is 7. The van der Waals surface area contributed by atoms with Gasteiger partial charge in [-0.05, 0) is 72.6 Å². The molecule has 2 N–H and O–H groups in total. The van der Waals surface area contributed by atoms with Gasteiger partial charge < -0.3 is 15.4 Å². The van der Waals surface area contributed by atoms with E-state index in [0.717, 1.165) is 25.5 Å². The van der Waals surface area contributed by atoms with Crippen molar-refractivity contribution in [3.05, 3.63) is 47.2 Å². The zero-order valence-corrected chi connectivity index (χ0v) is 19.4. The van der Waals surface area contributed by atoms with E-state index in [4.69, 9.17) is 4.74 Å². The summed E-state index contributed by atoms with van der Waals surface area (Å²) in [6.45, 7) is 9.26.